The molecule has 1 atom stereocenters. The maximum absolute atomic E-state index is 13.2. The van der Waals surface area contributed by atoms with Crippen molar-refractivity contribution in [2.75, 3.05) is 19.6 Å². The Bertz CT molecular complexity index is 905. The van der Waals surface area contributed by atoms with Crippen molar-refractivity contribution >= 4 is 16.9 Å². The Kier molecular flexibility index (Phi) is 4.67. The van der Waals surface area contributed by atoms with Gasteiger partial charge in [-0.15, -0.1) is 0 Å². The number of imidazole rings is 1. The third kappa shape index (κ3) is 3.08. The second kappa shape index (κ2) is 7.25. The summed E-state index contributed by atoms with van der Waals surface area (Å²) in [5, 5.41) is 3.39. The standard InChI is InChI=1S/C20H23N5O/c1-2-19-23-16-7-3-4-8-17(16)25(19)14-20(26)24-11-10-22-13-18(24)15-6-5-9-21-12-15/h3-9,12,18,22H,2,10-11,13-14H2,1H3. The molecule has 0 bridgehead atoms. The van der Waals surface area contributed by atoms with E-state index in [9.17, 15) is 4.79 Å². The van der Waals surface area contributed by atoms with Gasteiger partial charge in [-0.1, -0.05) is 25.1 Å². The predicted octanol–water partition coefficient (Wildman–Crippen LogP) is 2.17. The van der Waals surface area contributed by atoms with Crippen molar-refractivity contribution in [2.24, 2.45) is 0 Å². The minimum Gasteiger partial charge on any atom is -0.331 e. The molecule has 6 nitrogen and oxygen atoms in total. The number of fused-ring (bicyclic) bond motifs is 1. The molecule has 1 aliphatic rings. The van der Waals surface area contributed by atoms with Crippen LogP contribution in [0.4, 0.5) is 0 Å². The molecule has 1 N–H and O–H groups in total. The highest BCUT2D eigenvalue weighted by atomic mass is 16.2. The van der Waals surface area contributed by atoms with Crippen LogP contribution in [0.15, 0.2) is 48.8 Å². The molecule has 0 saturated carbocycles. The second-order valence-corrected chi connectivity index (χ2v) is 6.55. The number of hydrogen-bond donors (Lipinski definition) is 1. The van der Waals surface area contributed by atoms with Gasteiger partial charge in [0.15, 0.2) is 0 Å². The summed E-state index contributed by atoms with van der Waals surface area (Å²) >= 11 is 0. The van der Waals surface area contributed by atoms with Crippen molar-refractivity contribution in [1.82, 2.24) is 24.8 Å². The topological polar surface area (TPSA) is 63.1 Å². The van der Waals surface area contributed by atoms with Crippen LogP contribution in [0, 0.1) is 0 Å². The molecule has 1 fully saturated rings. The van der Waals surface area contributed by atoms with Gasteiger partial charge >= 0.3 is 0 Å². The Balaban J connectivity index is 1.63. The number of aryl methyl sites for hydroxylation is 1. The molecule has 6 heteroatoms. The average Bonchev–Trinajstić information content (AvgIpc) is 3.06. The first kappa shape index (κ1) is 16.7. The van der Waals surface area contributed by atoms with Crippen molar-refractivity contribution in [1.29, 1.82) is 0 Å². The molecule has 1 aliphatic heterocycles. The van der Waals surface area contributed by atoms with Crippen LogP contribution in [0.5, 0.6) is 0 Å². The maximum Gasteiger partial charge on any atom is 0.243 e. The summed E-state index contributed by atoms with van der Waals surface area (Å²) in [6.45, 7) is 4.66. The quantitative estimate of drug-likeness (QED) is 0.784. The highest BCUT2D eigenvalue weighted by molar-refractivity contribution is 5.81. The number of aromatic nitrogens is 3. The average molecular weight is 349 g/mol. The second-order valence-electron chi connectivity index (χ2n) is 6.55. The summed E-state index contributed by atoms with van der Waals surface area (Å²) in [6, 6.07) is 12.0. The van der Waals surface area contributed by atoms with Crippen LogP contribution in [-0.2, 0) is 17.8 Å². The Labute approximate surface area is 152 Å². The summed E-state index contributed by atoms with van der Waals surface area (Å²) in [5.41, 5.74) is 3.03. The molecule has 0 aliphatic carbocycles. The molecule has 1 amide bonds. The van der Waals surface area contributed by atoms with E-state index in [0.29, 0.717) is 13.1 Å². The molecular formula is C20H23N5O. The van der Waals surface area contributed by atoms with Crippen LogP contribution in [-0.4, -0.2) is 45.0 Å². The number of benzene rings is 1. The van der Waals surface area contributed by atoms with Gasteiger partial charge in [0.05, 0.1) is 17.1 Å². The Hall–Kier alpha value is -2.73. The minimum atomic E-state index is 0.0183. The molecule has 1 saturated heterocycles. The number of nitrogens with one attached hydrogen (secondary N) is 1. The Morgan fingerprint density at radius 2 is 2.15 bits per heavy atom. The van der Waals surface area contributed by atoms with Gasteiger partial charge in [0, 0.05) is 38.4 Å². The first-order valence-corrected chi connectivity index (χ1v) is 9.12. The zero-order chi connectivity index (χ0) is 17.9. The van der Waals surface area contributed by atoms with Gasteiger partial charge in [0.1, 0.15) is 12.4 Å². The van der Waals surface area contributed by atoms with Crippen LogP contribution < -0.4 is 5.32 Å². The summed E-state index contributed by atoms with van der Waals surface area (Å²) in [6.07, 6.45) is 4.41. The van der Waals surface area contributed by atoms with E-state index in [4.69, 9.17) is 0 Å². The fourth-order valence-corrected chi connectivity index (χ4v) is 3.67. The smallest absolute Gasteiger partial charge is 0.243 e. The van der Waals surface area contributed by atoms with Gasteiger partial charge in [-0.25, -0.2) is 4.98 Å². The summed E-state index contributed by atoms with van der Waals surface area (Å²) < 4.78 is 2.06. The molecule has 1 aromatic carbocycles. The van der Waals surface area contributed by atoms with E-state index in [0.717, 1.165) is 41.9 Å². The molecule has 0 radical (unpaired) electrons. The van der Waals surface area contributed by atoms with E-state index >= 15 is 0 Å². The Morgan fingerprint density at radius 1 is 1.27 bits per heavy atom. The summed E-state index contributed by atoms with van der Waals surface area (Å²) in [7, 11) is 0. The van der Waals surface area contributed by atoms with Gasteiger partial charge in [-0.2, -0.15) is 0 Å². The van der Waals surface area contributed by atoms with Gasteiger partial charge in [0.25, 0.3) is 0 Å². The predicted molar refractivity (Wildman–Crippen MR) is 101 cm³/mol. The molecule has 4 rings (SSSR count). The number of carbonyl (C=O) groups is 1. The number of para-hydroxylation sites is 2. The van der Waals surface area contributed by atoms with Gasteiger partial charge in [-0.05, 0) is 23.8 Å². The van der Waals surface area contributed by atoms with Crippen molar-refractivity contribution in [3.8, 4) is 0 Å². The van der Waals surface area contributed by atoms with Gasteiger partial charge < -0.3 is 14.8 Å². The molecule has 0 spiro atoms. The normalized spacial score (nSPS) is 17.6. The summed E-state index contributed by atoms with van der Waals surface area (Å²) in [5.74, 6) is 1.07. The molecular weight excluding hydrogens is 326 g/mol. The van der Waals surface area contributed by atoms with Crippen LogP contribution in [0.1, 0.15) is 24.4 Å². The zero-order valence-corrected chi connectivity index (χ0v) is 14.9. The van der Waals surface area contributed by atoms with Crippen molar-refractivity contribution in [3.05, 3.63) is 60.2 Å². The number of pyridine rings is 1. The van der Waals surface area contributed by atoms with Crippen LogP contribution in [0.2, 0.25) is 0 Å². The molecule has 26 heavy (non-hydrogen) atoms. The molecule has 1 unspecified atom stereocenters. The minimum absolute atomic E-state index is 0.0183. The van der Waals surface area contributed by atoms with Gasteiger partial charge in [-0.3, -0.25) is 9.78 Å². The maximum atomic E-state index is 13.2. The number of nitrogens with zero attached hydrogens (tertiary/aromatic N) is 4. The lowest BCUT2D eigenvalue weighted by Gasteiger charge is -2.36. The van der Waals surface area contributed by atoms with Gasteiger partial charge in [0.2, 0.25) is 5.91 Å². The van der Waals surface area contributed by atoms with E-state index < -0.39 is 0 Å². The van der Waals surface area contributed by atoms with E-state index in [-0.39, 0.29) is 11.9 Å². The van der Waals surface area contributed by atoms with E-state index in [1.807, 2.05) is 47.5 Å². The largest absolute Gasteiger partial charge is 0.331 e. The molecule has 3 aromatic rings. The van der Waals surface area contributed by atoms with Crippen molar-refractivity contribution < 1.29 is 4.79 Å². The first-order chi connectivity index (χ1) is 12.8. The van der Waals surface area contributed by atoms with E-state index in [2.05, 4.69) is 26.8 Å². The summed E-state index contributed by atoms with van der Waals surface area (Å²) in [4.78, 5) is 24.1. The monoisotopic (exact) mass is 349 g/mol. The highest BCUT2D eigenvalue weighted by Crippen LogP contribution is 2.23. The molecule has 3 heterocycles. The van der Waals surface area contributed by atoms with E-state index in [1.54, 1.807) is 6.20 Å². The number of hydrogen-bond acceptors (Lipinski definition) is 4. The third-order valence-corrected chi connectivity index (χ3v) is 4.98. The van der Waals surface area contributed by atoms with Crippen molar-refractivity contribution in [3.63, 3.8) is 0 Å². The molecule has 2 aromatic heterocycles. The Morgan fingerprint density at radius 3 is 2.96 bits per heavy atom. The number of rotatable bonds is 4. The van der Waals surface area contributed by atoms with Crippen molar-refractivity contribution in [2.45, 2.75) is 25.9 Å². The lowest BCUT2D eigenvalue weighted by molar-refractivity contribution is -0.135. The zero-order valence-electron chi connectivity index (χ0n) is 14.9. The lowest BCUT2D eigenvalue weighted by atomic mass is 10.1. The number of carbonyl (C=O) groups excluding carboxylic acids is 1. The van der Waals surface area contributed by atoms with Crippen LogP contribution in [0.25, 0.3) is 11.0 Å². The SMILES string of the molecule is CCc1nc2ccccc2n1CC(=O)N1CCNCC1c1cccnc1. The lowest BCUT2D eigenvalue weighted by Crippen LogP contribution is -2.49. The number of amides is 1. The first-order valence-electron chi connectivity index (χ1n) is 9.12. The highest BCUT2D eigenvalue weighted by Gasteiger charge is 2.28. The number of piperazine rings is 1. The van der Waals surface area contributed by atoms with E-state index in [1.165, 1.54) is 0 Å². The van der Waals surface area contributed by atoms with Crippen LogP contribution >= 0.6 is 0 Å². The molecule has 134 valence electrons. The van der Waals surface area contributed by atoms with Crippen LogP contribution in [0.3, 0.4) is 0 Å². The fourth-order valence-electron chi connectivity index (χ4n) is 3.67. The third-order valence-electron chi connectivity index (χ3n) is 4.98. The fraction of sp³-hybridized carbons (Fsp3) is 0.350.